The number of amides is 3. The van der Waals surface area contributed by atoms with E-state index in [-0.39, 0.29) is 30.0 Å². The van der Waals surface area contributed by atoms with Crippen LogP contribution in [0.15, 0.2) is 0 Å². The monoisotopic (exact) mass is 371 g/mol. The predicted molar refractivity (Wildman–Crippen MR) is 97.5 cm³/mol. The van der Waals surface area contributed by atoms with Crippen molar-refractivity contribution in [2.45, 2.75) is 68.7 Å². The Bertz CT molecular complexity index is 475. The summed E-state index contributed by atoms with van der Waals surface area (Å²) < 4.78 is 4.58. The fourth-order valence-corrected chi connectivity index (χ4v) is 4.81. The maximum Gasteiger partial charge on any atom is 0.315 e. The molecule has 0 saturated carbocycles. The topological polar surface area (TPSA) is 96.5 Å². The number of nitrogens with one attached hydrogen (secondary N) is 3. The van der Waals surface area contributed by atoms with Crippen LogP contribution in [-0.4, -0.2) is 54.6 Å². The summed E-state index contributed by atoms with van der Waals surface area (Å²) in [5, 5.41) is 9.32. The fraction of sp³-hybridized carbons (Fsp3) is 0.824. The lowest BCUT2D eigenvalue weighted by Gasteiger charge is -2.16. The van der Waals surface area contributed by atoms with Crippen LogP contribution in [0.4, 0.5) is 4.79 Å². The van der Waals surface area contributed by atoms with Crippen molar-refractivity contribution in [1.82, 2.24) is 16.0 Å². The van der Waals surface area contributed by atoms with Gasteiger partial charge in [-0.25, -0.2) is 4.79 Å². The molecule has 2 aliphatic heterocycles. The number of fused-ring (bicyclic) bond motifs is 1. The van der Waals surface area contributed by atoms with Crippen molar-refractivity contribution in [2.24, 2.45) is 0 Å². The van der Waals surface area contributed by atoms with E-state index in [0.717, 1.165) is 44.3 Å². The van der Waals surface area contributed by atoms with Gasteiger partial charge in [-0.2, -0.15) is 11.8 Å². The van der Waals surface area contributed by atoms with Gasteiger partial charge in [0.05, 0.1) is 19.2 Å². The van der Waals surface area contributed by atoms with Crippen LogP contribution in [0.1, 0.15) is 51.4 Å². The number of thioether (sulfide) groups is 1. The first-order valence-electron chi connectivity index (χ1n) is 9.12. The first-order valence-corrected chi connectivity index (χ1v) is 10.2. The van der Waals surface area contributed by atoms with Crippen LogP contribution < -0.4 is 16.0 Å². The van der Waals surface area contributed by atoms with Gasteiger partial charge in [-0.05, 0) is 25.7 Å². The maximum atomic E-state index is 11.8. The van der Waals surface area contributed by atoms with E-state index in [1.54, 1.807) is 0 Å². The van der Waals surface area contributed by atoms with Gasteiger partial charge in [0.1, 0.15) is 0 Å². The molecule has 2 saturated heterocycles. The van der Waals surface area contributed by atoms with Gasteiger partial charge < -0.3 is 20.7 Å². The summed E-state index contributed by atoms with van der Waals surface area (Å²) in [4.78, 5) is 34.1. The molecule has 2 fully saturated rings. The third kappa shape index (κ3) is 6.76. The minimum atomic E-state index is -0.177. The number of rotatable bonds is 11. The number of esters is 1. The zero-order valence-electron chi connectivity index (χ0n) is 14.8. The van der Waals surface area contributed by atoms with Crippen molar-refractivity contribution in [3.63, 3.8) is 0 Å². The highest BCUT2D eigenvalue weighted by atomic mass is 32.2. The molecule has 1 unspecified atom stereocenters. The molecule has 0 aromatic heterocycles. The average molecular weight is 372 g/mol. The highest BCUT2D eigenvalue weighted by Crippen LogP contribution is 2.33. The van der Waals surface area contributed by atoms with Crippen molar-refractivity contribution in [3.05, 3.63) is 0 Å². The average Bonchev–Trinajstić information content (AvgIpc) is 3.14. The summed E-state index contributed by atoms with van der Waals surface area (Å²) in [5.41, 5.74) is 0. The normalized spacial score (nSPS) is 24.4. The van der Waals surface area contributed by atoms with Crippen LogP contribution in [0.3, 0.4) is 0 Å². The molecule has 0 aliphatic carbocycles. The summed E-state index contributed by atoms with van der Waals surface area (Å²) in [6.07, 6.45) is 6.52. The van der Waals surface area contributed by atoms with Crippen LogP contribution in [0, 0.1) is 0 Å². The quantitative estimate of drug-likeness (QED) is 0.291. The summed E-state index contributed by atoms with van der Waals surface area (Å²) in [6, 6.07) is 0.465. The third-order valence-electron chi connectivity index (χ3n) is 4.69. The molecule has 2 heterocycles. The number of urea groups is 1. The fourth-order valence-electron chi connectivity index (χ4n) is 3.26. The summed E-state index contributed by atoms with van der Waals surface area (Å²) in [7, 11) is 1.40. The van der Waals surface area contributed by atoms with Crippen LogP contribution >= 0.6 is 11.8 Å². The van der Waals surface area contributed by atoms with Gasteiger partial charge in [-0.3, -0.25) is 9.59 Å². The highest BCUT2D eigenvalue weighted by molar-refractivity contribution is 8.00. The molecule has 8 heteroatoms. The molecule has 7 nitrogen and oxygen atoms in total. The minimum Gasteiger partial charge on any atom is -0.469 e. The second kappa shape index (κ2) is 10.5. The van der Waals surface area contributed by atoms with E-state index in [1.807, 2.05) is 11.8 Å². The van der Waals surface area contributed by atoms with Crippen molar-refractivity contribution in [2.75, 3.05) is 19.4 Å². The van der Waals surface area contributed by atoms with Gasteiger partial charge in [-0.15, -0.1) is 0 Å². The predicted octanol–water partition coefficient (Wildman–Crippen LogP) is 1.56. The molecule has 2 rings (SSSR count). The van der Waals surface area contributed by atoms with Crippen molar-refractivity contribution < 1.29 is 19.1 Å². The lowest BCUT2D eigenvalue weighted by molar-refractivity contribution is -0.140. The van der Waals surface area contributed by atoms with E-state index in [1.165, 1.54) is 7.11 Å². The van der Waals surface area contributed by atoms with Crippen LogP contribution in [0.2, 0.25) is 0 Å². The van der Waals surface area contributed by atoms with Crippen LogP contribution in [-0.2, 0) is 14.3 Å². The Morgan fingerprint density at radius 3 is 2.76 bits per heavy atom. The van der Waals surface area contributed by atoms with Gasteiger partial charge in [0.2, 0.25) is 5.91 Å². The van der Waals surface area contributed by atoms with E-state index in [9.17, 15) is 14.4 Å². The molecule has 0 bridgehead atoms. The smallest absolute Gasteiger partial charge is 0.315 e. The largest absolute Gasteiger partial charge is 0.469 e. The van der Waals surface area contributed by atoms with Gasteiger partial charge in [0.25, 0.3) is 0 Å². The number of ether oxygens (including phenoxy) is 1. The van der Waals surface area contributed by atoms with Crippen LogP contribution in [0.25, 0.3) is 0 Å². The number of hydrogen-bond acceptors (Lipinski definition) is 5. The molecule has 0 aromatic carbocycles. The van der Waals surface area contributed by atoms with Crippen molar-refractivity contribution in [1.29, 1.82) is 0 Å². The molecule has 0 radical (unpaired) electrons. The molecular weight excluding hydrogens is 342 g/mol. The second-order valence-corrected chi connectivity index (χ2v) is 7.88. The summed E-state index contributed by atoms with van der Waals surface area (Å²) in [6.45, 7) is 0.667. The standard InChI is InChI=1S/C17H29N3O4S/c1-24-15(22)9-3-2-6-10-18-14(21)8-5-4-7-13-16-12(11-25-13)19-17(23)20-16/h12-13,16H,2-11H2,1H3,(H,18,21)(H2,19,20,23)/t12-,13?,16-/m0/s1. The molecule has 2 aliphatic rings. The molecule has 142 valence electrons. The van der Waals surface area contributed by atoms with E-state index in [2.05, 4.69) is 20.7 Å². The molecule has 25 heavy (non-hydrogen) atoms. The van der Waals surface area contributed by atoms with Gasteiger partial charge in [-0.1, -0.05) is 12.8 Å². The molecule has 3 N–H and O–H groups in total. The van der Waals surface area contributed by atoms with Gasteiger partial charge in [0, 0.05) is 30.4 Å². The van der Waals surface area contributed by atoms with Crippen molar-refractivity contribution in [3.8, 4) is 0 Å². The SMILES string of the molecule is COC(=O)CCCCCNC(=O)CCCCC1SC[C@@H]2NC(=O)N[C@H]12. The Morgan fingerprint density at radius 1 is 1.16 bits per heavy atom. The maximum absolute atomic E-state index is 11.8. The Labute approximate surface area is 153 Å². The lowest BCUT2D eigenvalue weighted by Crippen LogP contribution is -2.36. The van der Waals surface area contributed by atoms with Crippen LogP contribution in [0.5, 0.6) is 0 Å². The molecule has 3 atom stereocenters. The van der Waals surface area contributed by atoms with E-state index >= 15 is 0 Å². The van der Waals surface area contributed by atoms with E-state index in [0.29, 0.717) is 24.6 Å². The van der Waals surface area contributed by atoms with Gasteiger partial charge in [0.15, 0.2) is 0 Å². The summed E-state index contributed by atoms with van der Waals surface area (Å²) in [5.74, 6) is 0.898. The first-order chi connectivity index (χ1) is 12.1. The van der Waals surface area contributed by atoms with Crippen molar-refractivity contribution >= 4 is 29.7 Å². The molecule has 0 aromatic rings. The lowest BCUT2D eigenvalue weighted by atomic mass is 10.0. The zero-order valence-corrected chi connectivity index (χ0v) is 15.7. The number of carbonyl (C=O) groups is 3. The zero-order chi connectivity index (χ0) is 18.1. The number of methoxy groups -OCH3 is 1. The minimum absolute atomic E-state index is 0.0498. The third-order valence-corrected chi connectivity index (χ3v) is 6.20. The second-order valence-electron chi connectivity index (χ2n) is 6.60. The number of hydrogen-bond donors (Lipinski definition) is 3. The van der Waals surface area contributed by atoms with Gasteiger partial charge >= 0.3 is 12.0 Å². The Balaban J connectivity index is 1.44. The number of unbranched alkanes of at least 4 members (excludes halogenated alkanes) is 3. The van der Waals surface area contributed by atoms with E-state index in [4.69, 9.17) is 0 Å². The molecule has 3 amide bonds. The summed E-state index contributed by atoms with van der Waals surface area (Å²) >= 11 is 1.91. The molecule has 0 spiro atoms. The molecular formula is C17H29N3O4S. The Morgan fingerprint density at radius 2 is 1.96 bits per heavy atom. The Hall–Kier alpha value is -1.44. The first kappa shape index (κ1) is 19.9. The Kier molecular flexibility index (Phi) is 8.37. The number of carbonyl (C=O) groups excluding carboxylic acids is 3. The highest BCUT2D eigenvalue weighted by Gasteiger charge is 2.42. The van der Waals surface area contributed by atoms with E-state index < -0.39 is 0 Å².